The van der Waals surface area contributed by atoms with Crippen LogP contribution in [0.5, 0.6) is 0 Å². The number of aromatic nitrogens is 1. The van der Waals surface area contributed by atoms with Crippen molar-refractivity contribution in [3.05, 3.63) is 52.8 Å². The van der Waals surface area contributed by atoms with Crippen molar-refractivity contribution in [3.8, 4) is 5.69 Å². The van der Waals surface area contributed by atoms with Gasteiger partial charge >= 0.3 is 5.97 Å². The van der Waals surface area contributed by atoms with E-state index in [1.54, 1.807) is 0 Å². The van der Waals surface area contributed by atoms with Crippen LogP contribution < -0.4 is 5.32 Å². The first-order chi connectivity index (χ1) is 10.9. The maximum Gasteiger partial charge on any atom is 0.303 e. The Balaban J connectivity index is 2.19. The van der Waals surface area contributed by atoms with Crippen LogP contribution >= 0.6 is 0 Å². The smallest absolute Gasteiger partial charge is 0.303 e. The summed E-state index contributed by atoms with van der Waals surface area (Å²) in [6.07, 6.45) is 0.486. The number of aryl methyl sites for hydroxylation is 2. The molecule has 0 spiro atoms. The quantitative estimate of drug-likeness (QED) is 0.805. The Labute approximate surface area is 135 Å². The van der Waals surface area contributed by atoms with Crippen LogP contribution in [-0.4, -0.2) is 28.1 Å². The van der Waals surface area contributed by atoms with Crippen molar-refractivity contribution in [1.29, 1.82) is 0 Å². The van der Waals surface area contributed by atoms with Gasteiger partial charge in [0.15, 0.2) is 0 Å². The normalized spacial score (nSPS) is 10.6. The Morgan fingerprint density at radius 3 is 2.52 bits per heavy atom. The number of hydrogen-bond acceptors (Lipinski definition) is 2. The van der Waals surface area contributed by atoms with Gasteiger partial charge in [-0.25, -0.2) is 0 Å². The highest BCUT2D eigenvalue weighted by molar-refractivity contribution is 5.96. The summed E-state index contributed by atoms with van der Waals surface area (Å²) in [5, 5.41) is 11.4. The molecule has 2 N–H and O–H groups in total. The lowest BCUT2D eigenvalue weighted by Gasteiger charge is -2.12. The number of rotatable bonds is 6. The van der Waals surface area contributed by atoms with Crippen LogP contribution in [0.25, 0.3) is 5.69 Å². The van der Waals surface area contributed by atoms with E-state index in [0.29, 0.717) is 18.5 Å². The maximum atomic E-state index is 12.3. The number of hydrogen-bond donors (Lipinski definition) is 2. The number of carboxylic acids is 1. The fourth-order valence-corrected chi connectivity index (χ4v) is 2.71. The largest absolute Gasteiger partial charge is 0.481 e. The first kappa shape index (κ1) is 16.8. The van der Waals surface area contributed by atoms with Gasteiger partial charge in [-0.05, 0) is 44.9 Å². The lowest BCUT2D eigenvalue weighted by Crippen LogP contribution is -2.25. The van der Waals surface area contributed by atoms with Crippen molar-refractivity contribution in [3.63, 3.8) is 0 Å². The summed E-state index contributed by atoms with van der Waals surface area (Å²) in [5.74, 6) is -1.01. The van der Waals surface area contributed by atoms with Gasteiger partial charge in [-0.15, -0.1) is 0 Å². The maximum absolute atomic E-state index is 12.3. The molecule has 0 saturated heterocycles. The predicted molar refractivity (Wildman–Crippen MR) is 89.2 cm³/mol. The average Bonchev–Trinajstić information content (AvgIpc) is 2.79. The Kier molecular flexibility index (Phi) is 5.21. The number of benzene rings is 1. The average molecular weight is 314 g/mol. The van der Waals surface area contributed by atoms with E-state index in [9.17, 15) is 9.59 Å². The summed E-state index contributed by atoms with van der Waals surface area (Å²) in [5.41, 5.74) is 4.70. The minimum absolute atomic E-state index is 0.0580. The Hall–Kier alpha value is -2.56. The minimum atomic E-state index is -0.850. The van der Waals surface area contributed by atoms with Crippen molar-refractivity contribution in [2.75, 3.05) is 6.54 Å². The van der Waals surface area contributed by atoms with E-state index in [1.807, 2.05) is 51.1 Å². The first-order valence-electron chi connectivity index (χ1n) is 7.66. The summed E-state index contributed by atoms with van der Waals surface area (Å²) in [6, 6.07) is 9.91. The third-order valence-corrected chi connectivity index (χ3v) is 3.89. The third kappa shape index (κ3) is 3.80. The van der Waals surface area contributed by atoms with Crippen LogP contribution in [0.15, 0.2) is 30.3 Å². The Bertz CT molecular complexity index is 732. The van der Waals surface area contributed by atoms with Crippen molar-refractivity contribution in [2.24, 2.45) is 0 Å². The van der Waals surface area contributed by atoms with E-state index in [2.05, 4.69) is 9.88 Å². The topological polar surface area (TPSA) is 71.3 Å². The number of aliphatic carboxylic acids is 1. The SMILES string of the molecule is Cc1ccccc1-n1c(C)cc(C(=O)NCCCC(=O)O)c1C. The van der Waals surface area contributed by atoms with Gasteiger partial charge in [0.1, 0.15) is 0 Å². The predicted octanol–water partition coefficient (Wildman–Crippen LogP) is 3.00. The van der Waals surface area contributed by atoms with E-state index in [4.69, 9.17) is 5.11 Å². The highest BCUT2D eigenvalue weighted by Crippen LogP contribution is 2.23. The first-order valence-corrected chi connectivity index (χ1v) is 7.66. The molecule has 0 bridgehead atoms. The fourth-order valence-electron chi connectivity index (χ4n) is 2.71. The summed E-state index contributed by atoms with van der Waals surface area (Å²) in [7, 11) is 0. The van der Waals surface area contributed by atoms with Gasteiger partial charge in [-0.2, -0.15) is 0 Å². The summed E-state index contributed by atoms with van der Waals surface area (Å²) in [6.45, 7) is 6.30. The van der Waals surface area contributed by atoms with E-state index in [0.717, 1.165) is 22.6 Å². The molecule has 1 aromatic heterocycles. The Morgan fingerprint density at radius 2 is 1.87 bits per heavy atom. The molecule has 5 heteroatoms. The van der Waals surface area contributed by atoms with E-state index >= 15 is 0 Å². The molecule has 0 saturated carbocycles. The van der Waals surface area contributed by atoms with Crippen LogP contribution in [0, 0.1) is 20.8 Å². The molecule has 1 amide bonds. The molecule has 0 radical (unpaired) electrons. The molecule has 5 nitrogen and oxygen atoms in total. The molecular weight excluding hydrogens is 292 g/mol. The molecule has 2 rings (SSSR count). The van der Waals surface area contributed by atoms with Crippen molar-refractivity contribution >= 4 is 11.9 Å². The van der Waals surface area contributed by atoms with Crippen LogP contribution in [-0.2, 0) is 4.79 Å². The number of carbonyl (C=O) groups excluding carboxylic acids is 1. The van der Waals surface area contributed by atoms with Crippen molar-refractivity contribution < 1.29 is 14.7 Å². The molecule has 1 heterocycles. The molecule has 0 unspecified atom stereocenters. The van der Waals surface area contributed by atoms with E-state index < -0.39 is 5.97 Å². The van der Waals surface area contributed by atoms with Crippen molar-refractivity contribution in [2.45, 2.75) is 33.6 Å². The molecular formula is C18H22N2O3. The van der Waals surface area contributed by atoms with E-state index in [1.165, 1.54) is 0 Å². The van der Waals surface area contributed by atoms with Gasteiger partial charge in [-0.3, -0.25) is 9.59 Å². The monoisotopic (exact) mass is 314 g/mol. The van der Waals surface area contributed by atoms with E-state index in [-0.39, 0.29) is 12.3 Å². The van der Waals surface area contributed by atoms with Crippen LogP contribution in [0.3, 0.4) is 0 Å². The highest BCUT2D eigenvalue weighted by Gasteiger charge is 2.17. The van der Waals surface area contributed by atoms with Gasteiger partial charge < -0.3 is 15.0 Å². The zero-order chi connectivity index (χ0) is 17.0. The number of carboxylic acid groups (broad SMARTS) is 1. The lowest BCUT2D eigenvalue weighted by atomic mass is 10.2. The molecule has 1 aromatic carbocycles. The zero-order valence-corrected chi connectivity index (χ0v) is 13.7. The second-order valence-electron chi connectivity index (χ2n) is 5.66. The summed E-state index contributed by atoms with van der Waals surface area (Å²) in [4.78, 5) is 22.8. The van der Waals surface area contributed by atoms with Crippen LogP contribution in [0.2, 0.25) is 0 Å². The summed E-state index contributed by atoms with van der Waals surface area (Å²) >= 11 is 0. The zero-order valence-electron chi connectivity index (χ0n) is 13.7. The summed E-state index contributed by atoms with van der Waals surface area (Å²) < 4.78 is 2.07. The molecule has 0 aliphatic carbocycles. The second-order valence-corrected chi connectivity index (χ2v) is 5.66. The van der Waals surface area contributed by atoms with Gasteiger partial charge in [-0.1, -0.05) is 18.2 Å². The molecule has 0 aliphatic heterocycles. The van der Waals surface area contributed by atoms with Crippen LogP contribution in [0.1, 0.15) is 40.2 Å². The third-order valence-electron chi connectivity index (χ3n) is 3.89. The van der Waals surface area contributed by atoms with Gasteiger partial charge in [0.05, 0.1) is 5.56 Å². The van der Waals surface area contributed by atoms with Crippen LogP contribution in [0.4, 0.5) is 0 Å². The molecule has 122 valence electrons. The molecule has 0 atom stereocenters. The number of nitrogens with one attached hydrogen (secondary N) is 1. The molecule has 0 fully saturated rings. The number of para-hydroxylation sites is 1. The number of amides is 1. The number of carbonyl (C=O) groups is 2. The molecule has 0 aliphatic rings. The van der Waals surface area contributed by atoms with Gasteiger partial charge in [0, 0.05) is 30.0 Å². The molecule has 23 heavy (non-hydrogen) atoms. The minimum Gasteiger partial charge on any atom is -0.481 e. The Morgan fingerprint density at radius 1 is 1.17 bits per heavy atom. The highest BCUT2D eigenvalue weighted by atomic mass is 16.4. The van der Waals surface area contributed by atoms with Crippen molar-refractivity contribution in [1.82, 2.24) is 9.88 Å². The lowest BCUT2D eigenvalue weighted by molar-refractivity contribution is -0.137. The second kappa shape index (κ2) is 7.13. The fraction of sp³-hybridized carbons (Fsp3) is 0.333. The standard InChI is InChI=1S/C18H22N2O3/c1-12-7-4-5-8-16(12)20-13(2)11-15(14(20)3)18(23)19-10-6-9-17(21)22/h4-5,7-8,11H,6,9-10H2,1-3H3,(H,19,23)(H,21,22). The number of nitrogens with zero attached hydrogens (tertiary/aromatic N) is 1. The molecule has 2 aromatic rings. The van der Waals surface area contributed by atoms with Gasteiger partial charge in [0.2, 0.25) is 0 Å². The van der Waals surface area contributed by atoms with Gasteiger partial charge in [0.25, 0.3) is 5.91 Å².